The van der Waals surface area contributed by atoms with Gasteiger partial charge in [0, 0.05) is 13.1 Å². The maximum absolute atomic E-state index is 13.3. The summed E-state index contributed by atoms with van der Waals surface area (Å²) in [5, 5.41) is 13.1. The van der Waals surface area contributed by atoms with Crippen LogP contribution in [0.3, 0.4) is 0 Å². The highest BCUT2D eigenvalue weighted by Gasteiger charge is 2.17. The second-order valence-corrected chi connectivity index (χ2v) is 4.93. The minimum Gasteiger partial charge on any atom is -0.389 e. The van der Waals surface area contributed by atoms with Gasteiger partial charge in [-0.2, -0.15) is 0 Å². The average Bonchev–Trinajstić information content (AvgIpc) is 2.23. The first-order chi connectivity index (χ1) is 7.94. The Morgan fingerprint density at radius 1 is 1.41 bits per heavy atom. The van der Waals surface area contributed by atoms with Crippen molar-refractivity contribution >= 4 is 0 Å². The Morgan fingerprint density at radius 2 is 2.12 bits per heavy atom. The molecule has 1 aromatic rings. The van der Waals surface area contributed by atoms with Gasteiger partial charge in [-0.05, 0) is 37.5 Å². The van der Waals surface area contributed by atoms with Crippen LogP contribution in [-0.4, -0.2) is 17.3 Å². The minimum absolute atomic E-state index is 0.176. The molecule has 0 saturated heterocycles. The fourth-order valence-electron chi connectivity index (χ4n) is 1.85. The van der Waals surface area contributed by atoms with Crippen LogP contribution >= 0.6 is 0 Å². The van der Waals surface area contributed by atoms with E-state index in [4.69, 9.17) is 0 Å². The molecule has 0 aromatic heterocycles. The van der Waals surface area contributed by atoms with Gasteiger partial charge in [0.1, 0.15) is 5.82 Å². The van der Waals surface area contributed by atoms with E-state index in [1.54, 1.807) is 13.0 Å². The number of aliphatic hydroxyl groups is 1. The summed E-state index contributed by atoms with van der Waals surface area (Å²) in [6, 6.07) is 5.22. The zero-order chi connectivity index (χ0) is 12.9. The molecule has 2 N–H and O–H groups in total. The molecule has 3 heteroatoms. The molecule has 1 rings (SSSR count). The Balaban J connectivity index is 2.43. The van der Waals surface area contributed by atoms with Gasteiger partial charge >= 0.3 is 0 Å². The van der Waals surface area contributed by atoms with Gasteiger partial charge in [0.2, 0.25) is 0 Å². The van der Waals surface area contributed by atoms with Gasteiger partial charge in [0.05, 0.1) is 5.60 Å². The summed E-state index contributed by atoms with van der Waals surface area (Å²) in [4.78, 5) is 0. The predicted molar refractivity (Wildman–Crippen MR) is 68.4 cm³/mol. The lowest BCUT2D eigenvalue weighted by Crippen LogP contribution is -2.37. The summed E-state index contributed by atoms with van der Waals surface area (Å²) in [7, 11) is 0. The Labute approximate surface area is 103 Å². The summed E-state index contributed by atoms with van der Waals surface area (Å²) in [6.07, 6.45) is 1.72. The molecule has 96 valence electrons. The van der Waals surface area contributed by atoms with Crippen molar-refractivity contribution in [2.24, 2.45) is 0 Å². The highest BCUT2D eigenvalue weighted by atomic mass is 19.1. The van der Waals surface area contributed by atoms with Gasteiger partial charge in [-0.25, -0.2) is 4.39 Å². The summed E-state index contributed by atoms with van der Waals surface area (Å²) in [5.41, 5.74) is 0.880. The summed E-state index contributed by atoms with van der Waals surface area (Å²) in [5.74, 6) is -0.176. The number of benzene rings is 1. The molecule has 17 heavy (non-hydrogen) atoms. The van der Waals surface area contributed by atoms with Crippen LogP contribution in [0.2, 0.25) is 0 Å². The summed E-state index contributed by atoms with van der Waals surface area (Å²) >= 11 is 0. The lowest BCUT2D eigenvalue weighted by molar-refractivity contribution is 0.0498. The van der Waals surface area contributed by atoms with Gasteiger partial charge in [-0.3, -0.25) is 0 Å². The van der Waals surface area contributed by atoms with E-state index in [-0.39, 0.29) is 5.82 Å². The zero-order valence-corrected chi connectivity index (χ0v) is 10.9. The average molecular weight is 239 g/mol. The highest BCUT2D eigenvalue weighted by Crippen LogP contribution is 2.12. The van der Waals surface area contributed by atoms with Crippen molar-refractivity contribution in [3.05, 3.63) is 35.1 Å². The summed E-state index contributed by atoms with van der Waals surface area (Å²) in [6.45, 7) is 6.72. The first-order valence-corrected chi connectivity index (χ1v) is 6.13. The van der Waals surface area contributed by atoms with E-state index in [2.05, 4.69) is 5.32 Å². The number of halogens is 1. The molecule has 0 saturated carbocycles. The minimum atomic E-state index is -0.683. The van der Waals surface area contributed by atoms with Gasteiger partial charge in [-0.15, -0.1) is 0 Å². The molecule has 0 radical (unpaired) electrons. The third-order valence-electron chi connectivity index (χ3n) is 2.86. The van der Waals surface area contributed by atoms with Gasteiger partial charge < -0.3 is 10.4 Å². The monoisotopic (exact) mass is 239 g/mol. The Bertz CT molecular complexity index is 363. The fraction of sp³-hybridized carbons (Fsp3) is 0.571. The standard InChI is InChI=1S/C14H22FNO/c1-4-7-14(3,17)10-16-9-12-6-5-11(2)13(15)8-12/h5-6,8,16-17H,4,7,9-10H2,1-3H3. The molecule has 2 nitrogen and oxygen atoms in total. The van der Waals surface area contributed by atoms with E-state index >= 15 is 0 Å². The van der Waals surface area contributed by atoms with E-state index < -0.39 is 5.60 Å². The van der Waals surface area contributed by atoms with Crippen LogP contribution in [0.4, 0.5) is 4.39 Å². The molecule has 0 aliphatic carbocycles. The molecule has 1 unspecified atom stereocenters. The predicted octanol–water partition coefficient (Wildman–Crippen LogP) is 2.77. The molecule has 0 fully saturated rings. The van der Waals surface area contributed by atoms with Crippen molar-refractivity contribution in [3.63, 3.8) is 0 Å². The van der Waals surface area contributed by atoms with E-state index in [0.29, 0.717) is 18.7 Å². The lowest BCUT2D eigenvalue weighted by Gasteiger charge is -2.23. The topological polar surface area (TPSA) is 32.3 Å². The fourth-order valence-corrected chi connectivity index (χ4v) is 1.85. The van der Waals surface area contributed by atoms with Crippen molar-refractivity contribution in [1.29, 1.82) is 0 Å². The molecule has 0 spiro atoms. The van der Waals surface area contributed by atoms with Crippen molar-refractivity contribution in [1.82, 2.24) is 5.32 Å². The van der Waals surface area contributed by atoms with Gasteiger partial charge in [-0.1, -0.05) is 25.5 Å². The van der Waals surface area contributed by atoms with Crippen LogP contribution < -0.4 is 5.32 Å². The molecule has 1 atom stereocenters. The third kappa shape index (κ3) is 4.84. The third-order valence-corrected chi connectivity index (χ3v) is 2.86. The van der Waals surface area contributed by atoms with Crippen molar-refractivity contribution in [2.45, 2.75) is 45.8 Å². The second-order valence-electron chi connectivity index (χ2n) is 4.93. The van der Waals surface area contributed by atoms with Crippen LogP contribution in [0.1, 0.15) is 37.8 Å². The van der Waals surface area contributed by atoms with Crippen molar-refractivity contribution in [3.8, 4) is 0 Å². The zero-order valence-electron chi connectivity index (χ0n) is 10.9. The maximum Gasteiger partial charge on any atom is 0.126 e. The Morgan fingerprint density at radius 3 is 2.71 bits per heavy atom. The quantitative estimate of drug-likeness (QED) is 0.800. The maximum atomic E-state index is 13.3. The smallest absolute Gasteiger partial charge is 0.126 e. The Hall–Kier alpha value is -0.930. The van der Waals surface area contributed by atoms with Crippen molar-refractivity contribution in [2.75, 3.05) is 6.54 Å². The van der Waals surface area contributed by atoms with Crippen LogP contribution in [-0.2, 0) is 6.54 Å². The van der Waals surface area contributed by atoms with Crippen LogP contribution in [0.15, 0.2) is 18.2 Å². The molecule has 0 bridgehead atoms. The first-order valence-electron chi connectivity index (χ1n) is 6.13. The van der Waals surface area contributed by atoms with E-state index in [1.807, 2.05) is 19.9 Å². The number of aryl methyl sites for hydroxylation is 1. The van der Waals surface area contributed by atoms with Gasteiger partial charge in [0.25, 0.3) is 0 Å². The van der Waals surface area contributed by atoms with Crippen LogP contribution in [0.25, 0.3) is 0 Å². The van der Waals surface area contributed by atoms with Crippen molar-refractivity contribution < 1.29 is 9.50 Å². The molecular formula is C14H22FNO. The SMILES string of the molecule is CCCC(C)(O)CNCc1ccc(C)c(F)c1. The van der Waals surface area contributed by atoms with Crippen LogP contribution in [0.5, 0.6) is 0 Å². The van der Waals surface area contributed by atoms with E-state index in [0.717, 1.165) is 18.4 Å². The largest absolute Gasteiger partial charge is 0.389 e. The van der Waals surface area contributed by atoms with Crippen LogP contribution in [0, 0.1) is 12.7 Å². The Kier molecular flexibility index (Phi) is 5.09. The molecular weight excluding hydrogens is 217 g/mol. The number of hydrogen-bond donors (Lipinski definition) is 2. The number of nitrogens with one attached hydrogen (secondary N) is 1. The van der Waals surface area contributed by atoms with E-state index in [9.17, 15) is 9.50 Å². The second kappa shape index (κ2) is 6.12. The van der Waals surface area contributed by atoms with E-state index in [1.165, 1.54) is 6.07 Å². The molecule has 0 heterocycles. The molecule has 0 aliphatic rings. The lowest BCUT2D eigenvalue weighted by atomic mass is 10.0. The molecule has 0 aliphatic heterocycles. The normalized spacial score (nSPS) is 14.6. The number of hydrogen-bond acceptors (Lipinski definition) is 2. The van der Waals surface area contributed by atoms with Gasteiger partial charge in [0.15, 0.2) is 0 Å². The highest BCUT2D eigenvalue weighted by molar-refractivity contribution is 5.23. The first kappa shape index (κ1) is 14.1. The molecule has 1 aromatic carbocycles. The molecule has 0 amide bonds. The summed E-state index contributed by atoms with van der Waals surface area (Å²) < 4.78 is 13.3. The number of rotatable bonds is 6.